The van der Waals surface area contributed by atoms with Crippen molar-refractivity contribution in [1.82, 2.24) is 4.31 Å². The number of carboxylic acids is 1. The Bertz CT molecular complexity index is 650. The number of carboxylic acid groups (broad SMARTS) is 1. The predicted molar refractivity (Wildman–Crippen MR) is 75.2 cm³/mol. The second kappa shape index (κ2) is 6.29. The smallest absolute Gasteiger partial charge is 0.304 e. The van der Waals surface area contributed by atoms with Gasteiger partial charge in [0, 0.05) is 12.6 Å². The highest BCUT2D eigenvalue weighted by Gasteiger charge is 2.36. The molecule has 1 aromatic rings. The highest BCUT2D eigenvalue weighted by atomic mass is 35.5. The van der Waals surface area contributed by atoms with E-state index in [-0.39, 0.29) is 18.0 Å². The summed E-state index contributed by atoms with van der Waals surface area (Å²) in [4.78, 5) is 10.4. The number of piperidine rings is 1. The zero-order chi connectivity index (χ0) is 15.6. The lowest BCUT2D eigenvalue weighted by molar-refractivity contribution is -0.138. The maximum absolute atomic E-state index is 14.0. The molecule has 0 saturated carbocycles. The molecule has 0 aromatic heterocycles. The molecule has 0 radical (unpaired) electrons. The summed E-state index contributed by atoms with van der Waals surface area (Å²) < 4.78 is 40.2. The fraction of sp³-hybridized carbons (Fsp3) is 0.462. The molecule has 1 aromatic carbocycles. The molecule has 1 unspecified atom stereocenters. The Kier molecular flexibility index (Phi) is 4.85. The maximum Gasteiger partial charge on any atom is 0.304 e. The third-order valence-corrected chi connectivity index (χ3v) is 5.75. The van der Waals surface area contributed by atoms with E-state index in [0.717, 1.165) is 16.8 Å². The fourth-order valence-electron chi connectivity index (χ4n) is 2.51. The first-order valence-corrected chi connectivity index (χ1v) is 8.33. The number of carbonyl (C=O) groups is 1. The topological polar surface area (TPSA) is 74.7 Å². The lowest BCUT2D eigenvalue weighted by atomic mass is 10.0. The molecule has 0 bridgehead atoms. The molecule has 2 rings (SSSR count). The van der Waals surface area contributed by atoms with Gasteiger partial charge in [-0.25, -0.2) is 12.8 Å². The molecule has 1 N–H and O–H groups in total. The van der Waals surface area contributed by atoms with Gasteiger partial charge in [-0.05, 0) is 25.0 Å². The number of hydrogen-bond acceptors (Lipinski definition) is 3. The van der Waals surface area contributed by atoms with Gasteiger partial charge in [-0.3, -0.25) is 4.79 Å². The molecule has 0 aliphatic carbocycles. The van der Waals surface area contributed by atoms with Crippen molar-refractivity contribution in [2.75, 3.05) is 6.54 Å². The minimum absolute atomic E-state index is 0.187. The lowest BCUT2D eigenvalue weighted by Gasteiger charge is -2.33. The standard InChI is InChI=1S/C13H15ClFNO4S/c14-10-5-3-6-11(13(10)15)21(19,20)16-7-2-1-4-9(16)8-12(17)18/h3,5-6,9H,1-2,4,7-8H2,(H,17,18). The molecule has 1 atom stereocenters. The Hall–Kier alpha value is -1.18. The molecule has 8 heteroatoms. The number of rotatable bonds is 4. The Labute approximate surface area is 127 Å². The number of nitrogens with zero attached hydrogens (tertiary/aromatic N) is 1. The Morgan fingerprint density at radius 2 is 2.14 bits per heavy atom. The van der Waals surface area contributed by atoms with Gasteiger partial charge in [-0.2, -0.15) is 4.31 Å². The normalized spacial score (nSPS) is 20.4. The van der Waals surface area contributed by atoms with E-state index in [9.17, 15) is 17.6 Å². The van der Waals surface area contributed by atoms with Crippen molar-refractivity contribution in [2.24, 2.45) is 0 Å². The van der Waals surface area contributed by atoms with Gasteiger partial charge in [0.25, 0.3) is 0 Å². The van der Waals surface area contributed by atoms with Crippen LogP contribution in [0.4, 0.5) is 4.39 Å². The summed E-state index contributed by atoms with van der Waals surface area (Å²) in [6.07, 6.45) is 1.54. The number of sulfonamides is 1. The van der Waals surface area contributed by atoms with Crippen molar-refractivity contribution in [3.8, 4) is 0 Å². The second-order valence-electron chi connectivity index (χ2n) is 4.92. The van der Waals surface area contributed by atoms with E-state index < -0.39 is 32.7 Å². The molecule has 0 spiro atoms. The van der Waals surface area contributed by atoms with Crippen molar-refractivity contribution in [1.29, 1.82) is 0 Å². The van der Waals surface area contributed by atoms with Crippen LogP contribution in [0.15, 0.2) is 23.1 Å². The first-order valence-electron chi connectivity index (χ1n) is 6.51. The minimum Gasteiger partial charge on any atom is -0.481 e. The summed E-state index contributed by atoms with van der Waals surface area (Å²) in [6, 6.07) is 3.11. The average molecular weight is 336 g/mol. The largest absolute Gasteiger partial charge is 0.481 e. The van der Waals surface area contributed by atoms with Gasteiger partial charge in [-0.1, -0.05) is 24.1 Å². The molecule has 1 aliphatic heterocycles. The summed E-state index contributed by atoms with van der Waals surface area (Å²) >= 11 is 5.63. The van der Waals surface area contributed by atoms with E-state index in [1.54, 1.807) is 0 Å². The third-order valence-electron chi connectivity index (χ3n) is 3.49. The molecule has 0 amide bonds. The maximum atomic E-state index is 14.0. The summed E-state index contributed by atoms with van der Waals surface area (Å²) in [5.41, 5.74) is 0. The van der Waals surface area contributed by atoms with Gasteiger partial charge in [0.2, 0.25) is 10.0 Å². The number of hydrogen-bond donors (Lipinski definition) is 1. The van der Waals surface area contributed by atoms with Crippen molar-refractivity contribution >= 4 is 27.6 Å². The molecule has 1 heterocycles. The van der Waals surface area contributed by atoms with Crippen LogP contribution in [0, 0.1) is 5.82 Å². The lowest BCUT2D eigenvalue weighted by Crippen LogP contribution is -2.44. The fourth-order valence-corrected chi connectivity index (χ4v) is 4.52. The highest BCUT2D eigenvalue weighted by molar-refractivity contribution is 7.89. The average Bonchev–Trinajstić information content (AvgIpc) is 2.41. The van der Waals surface area contributed by atoms with E-state index in [2.05, 4.69) is 0 Å². The molecular formula is C13H15ClFNO4S. The van der Waals surface area contributed by atoms with Crippen LogP contribution < -0.4 is 0 Å². The molecule has 5 nitrogen and oxygen atoms in total. The Balaban J connectivity index is 2.40. The SMILES string of the molecule is O=C(O)CC1CCCCN1S(=O)(=O)c1cccc(Cl)c1F. The molecule has 21 heavy (non-hydrogen) atoms. The van der Waals surface area contributed by atoms with Crippen molar-refractivity contribution in [2.45, 2.75) is 36.6 Å². The zero-order valence-corrected chi connectivity index (χ0v) is 12.7. The quantitative estimate of drug-likeness (QED) is 0.917. The molecule has 1 fully saturated rings. The number of benzene rings is 1. The van der Waals surface area contributed by atoms with E-state index in [1.165, 1.54) is 12.1 Å². The minimum atomic E-state index is -4.10. The van der Waals surface area contributed by atoms with Crippen LogP contribution in [-0.2, 0) is 14.8 Å². The zero-order valence-electron chi connectivity index (χ0n) is 11.1. The Morgan fingerprint density at radius 1 is 1.43 bits per heavy atom. The number of aliphatic carboxylic acids is 1. The van der Waals surface area contributed by atoms with E-state index in [0.29, 0.717) is 12.8 Å². The first kappa shape index (κ1) is 16.2. The van der Waals surface area contributed by atoms with Crippen LogP contribution in [0.2, 0.25) is 5.02 Å². The van der Waals surface area contributed by atoms with Gasteiger partial charge in [0.1, 0.15) is 4.90 Å². The number of halogens is 2. The van der Waals surface area contributed by atoms with Crippen molar-refractivity contribution in [3.05, 3.63) is 29.0 Å². The summed E-state index contributed by atoms with van der Waals surface area (Å²) in [6.45, 7) is 0.187. The first-order chi connectivity index (χ1) is 9.84. The monoisotopic (exact) mass is 335 g/mol. The summed E-state index contributed by atoms with van der Waals surface area (Å²) in [5, 5.41) is 8.63. The van der Waals surface area contributed by atoms with E-state index in [1.807, 2.05) is 0 Å². The van der Waals surface area contributed by atoms with Gasteiger partial charge < -0.3 is 5.11 Å². The highest BCUT2D eigenvalue weighted by Crippen LogP contribution is 2.30. The third kappa shape index (κ3) is 3.36. The van der Waals surface area contributed by atoms with Gasteiger partial charge >= 0.3 is 5.97 Å². The van der Waals surface area contributed by atoms with Gasteiger partial charge in [-0.15, -0.1) is 0 Å². The van der Waals surface area contributed by atoms with Crippen molar-refractivity contribution in [3.63, 3.8) is 0 Å². The molecule has 116 valence electrons. The molecular weight excluding hydrogens is 321 g/mol. The van der Waals surface area contributed by atoms with Crippen LogP contribution >= 0.6 is 11.6 Å². The predicted octanol–water partition coefficient (Wildman–Crippen LogP) is 2.50. The molecule has 1 aliphatic rings. The van der Waals surface area contributed by atoms with E-state index >= 15 is 0 Å². The van der Waals surface area contributed by atoms with Crippen LogP contribution in [0.3, 0.4) is 0 Å². The van der Waals surface area contributed by atoms with Crippen LogP contribution in [-0.4, -0.2) is 36.4 Å². The van der Waals surface area contributed by atoms with Crippen LogP contribution in [0.5, 0.6) is 0 Å². The second-order valence-corrected chi connectivity index (χ2v) is 7.18. The van der Waals surface area contributed by atoms with Gasteiger partial charge in [0.05, 0.1) is 11.4 Å². The molecule has 1 saturated heterocycles. The summed E-state index contributed by atoms with van der Waals surface area (Å²) in [7, 11) is -4.10. The van der Waals surface area contributed by atoms with Crippen LogP contribution in [0.25, 0.3) is 0 Å². The van der Waals surface area contributed by atoms with Gasteiger partial charge in [0.15, 0.2) is 5.82 Å². The van der Waals surface area contributed by atoms with E-state index in [4.69, 9.17) is 16.7 Å². The Morgan fingerprint density at radius 3 is 2.81 bits per heavy atom. The van der Waals surface area contributed by atoms with Crippen molar-refractivity contribution < 1.29 is 22.7 Å². The van der Waals surface area contributed by atoms with Crippen LogP contribution in [0.1, 0.15) is 25.7 Å². The summed E-state index contributed by atoms with van der Waals surface area (Å²) in [5.74, 6) is -2.08.